The summed E-state index contributed by atoms with van der Waals surface area (Å²) in [6, 6.07) is 0. The molecule has 2 N–H and O–H groups in total. The molecule has 0 aliphatic heterocycles. The maximum Gasteiger partial charge on any atom is 0.317 e. The van der Waals surface area contributed by atoms with Crippen LogP contribution in [0.15, 0.2) is 4.99 Å². The lowest BCUT2D eigenvalue weighted by atomic mass is 9.75. The lowest BCUT2D eigenvalue weighted by Gasteiger charge is -2.38. The molecular weight excluding hydrogens is 412 g/mol. The molecule has 1 aliphatic carbocycles. The summed E-state index contributed by atoms with van der Waals surface area (Å²) in [7, 11) is 0. The maximum absolute atomic E-state index is 13.2. The van der Waals surface area contributed by atoms with E-state index in [4.69, 9.17) is 15.2 Å². The summed E-state index contributed by atoms with van der Waals surface area (Å²) < 4.78 is 11.4. The van der Waals surface area contributed by atoms with Crippen molar-refractivity contribution >= 4 is 29.3 Å². The Hall–Kier alpha value is -2.25. The van der Waals surface area contributed by atoms with Gasteiger partial charge in [0.25, 0.3) is 0 Å². The van der Waals surface area contributed by atoms with Crippen molar-refractivity contribution in [3.8, 4) is 0 Å². The first-order valence-corrected chi connectivity index (χ1v) is 11.6. The summed E-state index contributed by atoms with van der Waals surface area (Å²) >= 11 is 0. The van der Waals surface area contributed by atoms with Crippen LogP contribution < -0.4 is 5.73 Å². The fourth-order valence-corrected chi connectivity index (χ4v) is 4.72. The molecule has 32 heavy (non-hydrogen) atoms. The van der Waals surface area contributed by atoms with Crippen LogP contribution in [0.3, 0.4) is 0 Å². The SMILES string of the molecule is CCOC(=NCC(N)=O)C(C(C)=O)C(C)C(C(C)=O)C(=O)OC1CC(C)CCC1C(C)C. The van der Waals surface area contributed by atoms with Crippen molar-refractivity contribution in [1.29, 1.82) is 0 Å². The van der Waals surface area contributed by atoms with E-state index in [-0.39, 0.29) is 42.6 Å². The van der Waals surface area contributed by atoms with Crippen LogP contribution in [0.2, 0.25) is 0 Å². The molecule has 0 aromatic rings. The van der Waals surface area contributed by atoms with E-state index in [9.17, 15) is 19.2 Å². The maximum atomic E-state index is 13.2. The zero-order valence-corrected chi connectivity index (χ0v) is 20.6. The van der Waals surface area contributed by atoms with Gasteiger partial charge in [0.15, 0.2) is 5.90 Å². The van der Waals surface area contributed by atoms with Crippen molar-refractivity contribution in [3.05, 3.63) is 0 Å². The third-order valence-corrected chi connectivity index (χ3v) is 6.36. The smallest absolute Gasteiger partial charge is 0.317 e. The zero-order valence-electron chi connectivity index (χ0n) is 20.6. The molecule has 8 heteroatoms. The van der Waals surface area contributed by atoms with Crippen molar-refractivity contribution in [2.75, 3.05) is 13.2 Å². The number of esters is 1. The molecule has 0 bridgehead atoms. The largest absolute Gasteiger partial charge is 0.481 e. The highest BCUT2D eigenvalue weighted by Crippen LogP contribution is 2.36. The number of Topliss-reactive ketones (excluding diaryl/α,β-unsaturated/α-hetero) is 2. The number of aliphatic imine (C=N–C) groups is 1. The van der Waals surface area contributed by atoms with E-state index in [0.29, 0.717) is 11.8 Å². The van der Waals surface area contributed by atoms with Gasteiger partial charge in [-0.1, -0.05) is 34.1 Å². The Balaban J connectivity index is 3.21. The van der Waals surface area contributed by atoms with E-state index in [1.165, 1.54) is 13.8 Å². The van der Waals surface area contributed by atoms with Crippen LogP contribution in [-0.2, 0) is 28.7 Å². The third-order valence-electron chi connectivity index (χ3n) is 6.36. The molecule has 6 unspecified atom stereocenters. The van der Waals surface area contributed by atoms with Crippen molar-refractivity contribution in [2.45, 2.75) is 73.8 Å². The van der Waals surface area contributed by atoms with Gasteiger partial charge in [0.05, 0.1) is 12.5 Å². The first-order chi connectivity index (χ1) is 14.9. The molecule has 1 rings (SSSR count). The molecule has 0 saturated heterocycles. The van der Waals surface area contributed by atoms with Gasteiger partial charge in [0.2, 0.25) is 5.91 Å². The molecule has 0 aromatic carbocycles. The van der Waals surface area contributed by atoms with E-state index < -0.39 is 29.6 Å². The standard InChI is InChI=1S/C24H40N2O6/c1-8-31-23(26-12-20(25)29)21(16(6)27)15(5)22(17(7)28)24(30)32-19-11-14(4)9-10-18(19)13(2)3/h13-15,18-19,21-22H,8-12H2,1-7H3,(H2,25,29). The lowest BCUT2D eigenvalue weighted by Crippen LogP contribution is -2.43. The highest BCUT2D eigenvalue weighted by atomic mass is 16.5. The van der Waals surface area contributed by atoms with E-state index in [2.05, 4.69) is 25.8 Å². The Kier molecular flexibility index (Phi) is 11.0. The van der Waals surface area contributed by atoms with Gasteiger partial charge in [-0.25, -0.2) is 4.99 Å². The molecule has 1 amide bonds. The Morgan fingerprint density at radius 1 is 1.03 bits per heavy atom. The summed E-state index contributed by atoms with van der Waals surface area (Å²) in [4.78, 5) is 53.6. The fraction of sp³-hybridized carbons (Fsp3) is 0.792. The average Bonchev–Trinajstić information content (AvgIpc) is 2.65. The number of ether oxygens (including phenoxy) is 2. The second kappa shape index (κ2) is 12.7. The van der Waals surface area contributed by atoms with Crippen LogP contribution >= 0.6 is 0 Å². The molecular formula is C24H40N2O6. The van der Waals surface area contributed by atoms with E-state index in [0.717, 1.165) is 19.3 Å². The number of nitrogens with zero attached hydrogens (tertiary/aromatic N) is 1. The number of nitrogens with two attached hydrogens (primary N) is 1. The minimum atomic E-state index is -1.15. The molecule has 0 radical (unpaired) electrons. The van der Waals surface area contributed by atoms with Crippen molar-refractivity contribution in [3.63, 3.8) is 0 Å². The number of amides is 1. The first-order valence-electron chi connectivity index (χ1n) is 11.6. The quantitative estimate of drug-likeness (QED) is 0.222. The molecule has 8 nitrogen and oxygen atoms in total. The number of hydrogen-bond donors (Lipinski definition) is 1. The van der Waals surface area contributed by atoms with Crippen LogP contribution in [0, 0.1) is 35.5 Å². The summed E-state index contributed by atoms with van der Waals surface area (Å²) in [5.74, 6) is -3.84. The molecule has 1 saturated carbocycles. The van der Waals surface area contributed by atoms with Crippen LogP contribution in [0.5, 0.6) is 0 Å². The minimum Gasteiger partial charge on any atom is -0.481 e. The summed E-state index contributed by atoms with van der Waals surface area (Å²) in [5, 5.41) is 0. The first kappa shape index (κ1) is 27.8. The average molecular weight is 453 g/mol. The van der Waals surface area contributed by atoms with Crippen LogP contribution in [0.25, 0.3) is 0 Å². The predicted molar refractivity (Wildman–Crippen MR) is 122 cm³/mol. The highest BCUT2D eigenvalue weighted by Gasteiger charge is 2.43. The number of carbonyl (C=O) groups is 4. The number of carbonyl (C=O) groups excluding carboxylic acids is 4. The zero-order chi connectivity index (χ0) is 24.6. The second-order valence-electron chi connectivity index (χ2n) is 9.39. The Morgan fingerprint density at radius 2 is 1.62 bits per heavy atom. The van der Waals surface area contributed by atoms with E-state index in [1.807, 2.05) is 0 Å². The highest BCUT2D eigenvalue weighted by molar-refractivity contribution is 6.04. The van der Waals surface area contributed by atoms with Gasteiger partial charge in [-0.3, -0.25) is 19.2 Å². The fourth-order valence-electron chi connectivity index (χ4n) is 4.72. The number of ketones is 2. The van der Waals surface area contributed by atoms with Gasteiger partial charge in [-0.05, 0) is 57.3 Å². The van der Waals surface area contributed by atoms with Gasteiger partial charge in [0.1, 0.15) is 30.1 Å². The summed E-state index contributed by atoms with van der Waals surface area (Å²) in [6.07, 6.45) is 2.56. The van der Waals surface area contributed by atoms with Crippen molar-refractivity contribution < 1.29 is 28.7 Å². The lowest BCUT2D eigenvalue weighted by molar-refractivity contribution is -0.165. The topological polar surface area (TPSA) is 125 Å². The number of hydrogen-bond acceptors (Lipinski definition) is 7. The molecule has 0 aromatic heterocycles. The van der Waals surface area contributed by atoms with Gasteiger partial charge < -0.3 is 15.2 Å². The van der Waals surface area contributed by atoms with Crippen molar-refractivity contribution in [1.82, 2.24) is 0 Å². The molecule has 6 atom stereocenters. The summed E-state index contributed by atoms with van der Waals surface area (Å²) in [5.41, 5.74) is 5.18. The second-order valence-corrected chi connectivity index (χ2v) is 9.39. The van der Waals surface area contributed by atoms with E-state index in [1.54, 1.807) is 13.8 Å². The van der Waals surface area contributed by atoms with E-state index >= 15 is 0 Å². The molecule has 1 aliphatic rings. The third kappa shape index (κ3) is 7.71. The van der Waals surface area contributed by atoms with Gasteiger partial charge in [-0.2, -0.15) is 0 Å². The predicted octanol–water partition coefficient (Wildman–Crippen LogP) is 2.96. The monoisotopic (exact) mass is 452 g/mol. The Morgan fingerprint density at radius 3 is 2.09 bits per heavy atom. The normalized spacial score (nSPS) is 24.4. The van der Waals surface area contributed by atoms with Crippen molar-refractivity contribution in [2.24, 2.45) is 46.2 Å². The summed E-state index contributed by atoms with van der Waals surface area (Å²) in [6.45, 7) is 12.2. The van der Waals surface area contributed by atoms with Gasteiger partial charge >= 0.3 is 5.97 Å². The Labute approximate surface area is 191 Å². The van der Waals surface area contributed by atoms with Gasteiger partial charge in [-0.15, -0.1) is 0 Å². The number of rotatable bonds is 11. The van der Waals surface area contributed by atoms with Crippen LogP contribution in [-0.4, -0.2) is 48.6 Å². The van der Waals surface area contributed by atoms with Crippen LogP contribution in [0.1, 0.15) is 67.7 Å². The molecule has 182 valence electrons. The Bertz CT molecular complexity index is 717. The number of primary amides is 1. The van der Waals surface area contributed by atoms with Crippen LogP contribution in [0.4, 0.5) is 0 Å². The van der Waals surface area contributed by atoms with Gasteiger partial charge in [0, 0.05) is 0 Å². The molecule has 0 spiro atoms. The minimum absolute atomic E-state index is 0.0108. The molecule has 0 heterocycles. The molecule has 1 fully saturated rings.